The minimum atomic E-state index is -0.0770. The summed E-state index contributed by atoms with van der Waals surface area (Å²) in [6.45, 7) is 18.7. The average Bonchev–Trinajstić information content (AvgIpc) is 4.08. The lowest BCUT2D eigenvalue weighted by Gasteiger charge is -2.29. The summed E-state index contributed by atoms with van der Waals surface area (Å²) in [5.41, 5.74) is 24.5. The van der Waals surface area contributed by atoms with Crippen molar-refractivity contribution >= 4 is 49.6 Å². The van der Waals surface area contributed by atoms with Crippen molar-refractivity contribution in [3.63, 3.8) is 0 Å². The van der Waals surface area contributed by atoms with Gasteiger partial charge in [0, 0.05) is 38.8 Å². The number of hydrogen-bond acceptors (Lipinski definition) is 1. The van der Waals surface area contributed by atoms with E-state index in [0.29, 0.717) is 0 Å². The Kier molecular flexibility index (Phi) is 11.4. The maximum atomic E-state index is 2.46. The molecule has 0 amide bonds. The van der Waals surface area contributed by atoms with Gasteiger partial charge >= 0.3 is 0 Å². The zero-order valence-corrected chi connectivity index (χ0v) is 45.5. The minimum absolute atomic E-state index is 0.0144. The molecule has 12 aromatic rings. The highest BCUT2D eigenvalue weighted by atomic mass is 15.1. The molecule has 0 aliphatic heterocycles. The van der Waals surface area contributed by atoms with E-state index in [0.717, 1.165) is 28.3 Å². The molecule has 77 heavy (non-hydrogen) atoms. The second-order valence-electron chi connectivity index (χ2n) is 23.8. The fraction of sp³-hybridized carbons (Fsp3) is 0.147. The topological polar surface area (TPSA) is 8.17 Å². The first-order valence-corrected chi connectivity index (χ1v) is 27.3. The van der Waals surface area contributed by atoms with Crippen LogP contribution in [-0.4, -0.2) is 4.57 Å². The summed E-state index contributed by atoms with van der Waals surface area (Å²) < 4.78 is 2.40. The molecule has 1 aliphatic rings. The molecule has 0 spiro atoms. The maximum Gasteiger partial charge on any atom is 0.0547 e. The third-order valence-electron chi connectivity index (χ3n) is 16.5. The lowest BCUT2D eigenvalue weighted by atomic mass is 9.78. The molecule has 2 nitrogen and oxygen atoms in total. The molecule has 13 rings (SSSR count). The average molecular weight is 993 g/mol. The lowest BCUT2D eigenvalue weighted by Crippen LogP contribution is -2.16. The summed E-state index contributed by atoms with van der Waals surface area (Å²) in [4.78, 5) is 2.46. The van der Waals surface area contributed by atoms with Crippen molar-refractivity contribution in [3.8, 4) is 61.3 Å². The lowest BCUT2D eigenvalue weighted by molar-refractivity contribution is 0.569. The van der Waals surface area contributed by atoms with Gasteiger partial charge in [-0.25, -0.2) is 0 Å². The van der Waals surface area contributed by atoms with Crippen LogP contribution in [0.5, 0.6) is 0 Å². The molecule has 1 heterocycles. The Morgan fingerprint density at radius 1 is 0.351 bits per heavy atom. The van der Waals surface area contributed by atoms with Crippen LogP contribution in [0.25, 0.3) is 93.9 Å². The van der Waals surface area contributed by atoms with Crippen LogP contribution in [0, 0.1) is 0 Å². The zero-order chi connectivity index (χ0) is 52.8. The molecule has 11 aromatic carbocycles. The summed E-state index contributed by atoms with van der Waals surface area (Å²) in [5.74, 6) is 0. The van der Waals surface area contributed by atoms with Crippen LogP contribution in [-0.2, 0) is 16.2 Å². The van der Waals surface area contributed by atoms with Gasteiger partial charge in [-0.15, -0.1) is 0 Å². The highest BCUT2D eigenvalue weighted by Gasteiger charge is 2.35. The monoisotopic (exact) mass is 993 g/mol. The van der Waals surface area contributed by atoms with Gasteiger partial charge in [-0.3, -0.25) is 0 Å². The van der Waals surface area contributed by atoms with E-state index in [1.54, 1.807) is 0 Å². The van der Waals surface area contributed by atoms with Gasteiger partial charge in [-0.05, 0) is 155 Å². The molecule has 374 valence electrons. The van der Waals surface area contributed by atoms with Crippen LogP contribution in [0.2, 0.25) is 0 Å². The molecule has 0 unspecified atom stereocenters. The molecule has 1 aliphatic carbocycles. The molecule has 1 aromatic heterocycles. The predicted octanol–water partition coefficient (Wildman–Crippen LogP) is 21.0. The van der Waals surface area contributed by atoms with Gasteiger partial charge in [0.05, 0.1) is 16.7 Å². The standard InChI is InChI=1S/C75H64N2/c1-73(2,3)55-44-54(45-56(48-55)74(4,5)6)60-27-18-20-51-21-19-28-66(72(51)60)64-26-14-16-30-69(64)76(58-38-32-49(33-39-58)52-36-42-62-61-24-12-15-29-67(61)75(7,8)68(62)46-52)59-40-34-50(35-41-59)53-37-43-65-63-25-13-17-31-70(63)77(71(65)47-53)57-22-10-9-11-23-57/h9-48H,1-8H3. The number of aromatic nitrogens is 1. The number of hydrogen-bond donors (Lipinski definition) is 0. The van der Waals surface area contributed by atoms with E-state index in [-0.39, 0.29) is 16.2 Å². The second-order valence-corrected chi connectivity index (χ2v) is 23.8. The molecule has 0 bridgehead atoms. The number of fused-ring (bicyclic) bond motifs is 7. The molecule has 0 saturated carbocycles. The normalized spacial score (nSPS) is 13.0. The first kappa shape index (κ1) is 48.0. The molecular formula is C75H64N2. The highest BCUT2D eigenvalue weighted by Crippen LogP contribution is 2.51. The summed E-state index contributed by atoms with van der Waals surface area (Å²) in [6, 6.07) is 90.7. The largest absolute Gasteiger partial charge is 0.310 e. The summed E-state index contributed by atoms with van der Waals surface area (Å²) in [7, 11) is 0. The van der Waals surface area contributed by atoms with Gasteiger partial charge in [-0.1, -0.05) is 237 Å². The number of benzene rings is 11. The quantitative estimate of drug-likeness (QED) is 0.147. The van der Waals surface area contributed by atoms with Gasteiger partial charge in [0.2, 0.25) is 0 Å². The van der Waals surface area contributed by atoms with E-state index in [4.69, 9.17) is 0 Å². The zero-order valence-electron chi connectivity index (χ0n) is 45.5. The molecular weight excluding hydrogens is 929 g/mol. The van der Waals surface area contributed by atoms with Gasteiger partial charge in [-0.2, -0.15) is 0 Å². The Labute approximate surface area is 454 Å². The van der Waals surface area contributed by atoms with E-state index in [1.807, 2.05) is 0 Å². The van der Waals surface area contributed by atoms with Crippen molar-refractivity contribution in [2.24, 2.45) is 0 Å². The Bertz CT molecular complexity index is 4190. The predicted molar refractivity (Wildman–Crippen MR) is 330 cm³/mol. The summed E-state index contributed by atoms with van der Waals surface area (Å²) in [5, 5.41) is 4.98. The fourth-order valence-corrected chi connectivity index (χ4v) is 12.3. The SMILES string of the molecule is CC(C)(C)c1cc(-c2cccc3cccc(-c4ccccc4N(c4ccc(-c5ccc6c(c5)C(C)(C)c5ccccc5-6)cc4)c4ccc(-c5ccc6c7ccccc7n(-c7ccccc7)c6c5)cc4)c23)cc(C(C)(C)C)c1. The smallest absolute Gasteiger partial charge is 0.0547 e. The van der Waals surface area contributed by atoms with Crippen LogP contribution in [0.15, 0.2) is 243 Å². The van der Waals surface area contributed by atoms with Crippen LogP contribution >= 0.6 is 0 Å². The highest BCUT2D eigenvalue weighted by molar-refractivity contribution is 6.11. The van der Waals surface area contributed by atoms with E-state index in [2.05, 4.69) is 308 Å². The molecule has 0 radical (unpaired) electrons. The van der Waals surface area contributed by atoms with Crippen LogP contribution in [0.4, 0.5) is 17.1 Å². The molecule has 0 atom stereocenters. The van der Waals surface area contributed by atoms with Gasteiger partial charge < -0.3 is 9.47 Å². The van der Waals surface area contributed by atoms with E-state index in [1.165, 1.54) is 105 Å². The number of rotatable bonds is 8. The summed E-state index contributed by atoms with van der Waals surface area (Å²) >= 11 is 0. The summed E-state index contributed by atoms with van der Waals surface area (Å²) in [6.07, 6.45) is 0. The van der Waals surface area contributed by atoms with E-state index >= 15 is 0 Å². The van der Waals surface area contributed by atoms with Crippen molar-refractivity contribution < 1.29 is 0 Å². The Hall–Kier alpha value is -8.72. The van der Waals surface area contributed by atoms with Crippen LogP contribution in [0.3, 0.4) is 0 Å². The first-order valence-electron chi connectivity index (χ1n) is 27.3. The molecule has 0 N–H and O–H groups in total. The van der Waals surface area contributed by atoms with Crippen molar-refractivity contribution in [2.45, 2.75) is 71.6 Å². The van der Waals surface area contributed by atoms with E-state index in [9.17, 15) is 0 Å². The van der Waals surface area contributed by atoms with Gasteiger partial charge in [0.15, 0.2) is 0 Å². The minimum Gasteiger partial charge on any atom is -0.310 e. The van der Waals surface area contributed by atoms with Crippen molar-refractivity contribution in [3.05, 3.63) is 265 Å². The maximum absolute atomic E-state index is 2.46. The Morgan fingerprint density at radius 2 is 0.870 bits per heavy atom. The van der Waals surface area contributed by atoms with E-state index < -0.39 is 0 Å². The van der Waals surface area contributed by atoms with Crippen molar-refractivity contribution in [1.29, 1.82) is 0 Å². The first-order chi connectivity index (χ1) is 37.2. The molecule has 0 saturated heterocycles. The number of nitrogens with zero attached hydrogens (tertiary/aromatic N) is 2. The second kappa shape index (κ2) is 18.2. The number of para-hydroxylation sites is 3. The number of anilines is 3. The Morgan fingerprint density at radius 3 is 1.55 bits per heavy atom. The Balaban J connectivity index is 0.962. The van der Waals surface area contributed by atoms with Gasteiger partial charge in [0.1, 0.15) is 0 Å². The molecule has 2 heteroatoms. The van der Waals surface area contributed by atoms with Gasteiger partial charge in [0.25, 0.3) is 0 Å². The van der Waals surface area contributed by atoms with Crippen LogP contribution < -0.4 is 4.90 Å². The third-order valence-corrected chi connectivity index (χ3v) is 16.5. The third kappa shape index (κ3) is 8.26. The van der Waals surface area contributed by atoms with Crippen molar-refractivity contribution in [2.75, 3.05) is 4.90 Å². The van der Waals surface area contributed by atoms with Crippen LogP contribution in [0.1, 0.15) is 77.6 Å². The fourth-order valence-electron chi connectivity index (χ4n) is 12.3. The molecule has 0 fully saturated rings. The van der Waals surface area contributed by atoms with Crippen molar-refractivity contribution in [1.82, 2.24) is 4.57 Å².